The van der Waals surface area contributed by atoms with E-state index in [9.17, 15) is 9.90 Å². The Hall–Kier alpha value is -3.39. The van der Waals surface area contributed by atoms with Gasteiger partial charge in [-0.25, -0.2) is 9.67 Å². The lowest BCUT2D eigenvalue weighted by Crippen LogP contribution is -2.47. The quantitative estimate of drug-likeness (QED) is 0.383. The molecule has 2 N–H and O–H groups in total. The number of hydrogen-bond donors (Lipinski definition) is 2. The minimum atomic E-state index is -2.00. The third-order valence-electron chi connectivity index (χ3n) is 4.96. The predicted octanol–water partition coefficient (Wildman–Crippen LogP) is 4.58. The van der Waals surface area contributed by atoms with Crippen molar-refractivity contribution in [3.05, 3.63) is 107 Å². The maximum absolute atomic E-state index is 13.2. The van der Waals surface area contributed by atoms with Gasteiger partial charge in [-0.3, -0.25) is 4.79 Å². The second-order valence-corrected chi connectivity index (χ2v) is 8.16. The smallest absolute Gasteiger partial charge is 0.258 e. The number of aromatic nitrogens is 3. The molecule has 0 aliphatic rings. The fourth-order valence-electron chi connectivity index (χ4n) is 3.29. The van der Waals surface area contributed by atoms with E-state index in [0.29, 0.717) is 16.5 Å². The SMILES string of the molecule is O=C(NCc1ccccc1)C(O)(Cn1cncn1)c1ccc(Oc2ccc(Cl)cc2)cc1Cl. The van der Waals surface area contributed by atoms with Gasteiger partial charge in [0.15, 0.2) is 5.60 Å². The summed E-state index contributed by atoms with van der Waals surface area (Å²) in [5, 5.41) is 19.1. The molecule has 0 aliphatic heterocycles. The number of carbonyl (C=O) groups is 1. The molecule has 1 heterocycles. The van der Waals surface area contributed by atoms with Gasteiger partial charge in [-0.15, -0.1) is 0 Å². The first-order valence-corrected chi connectivity index (χ1v) is 10.8. The number of amides is 1. The largest absolute Gasteiger partial charge is 0.457 e. The Morgan fingerprint density at radius 3 is 2.42 bits per heavy atom. The third-order valence-corrected chi connectivity index (χ3v) is 5.53. The minimum Gasteiger partial charge on any atom is -0.457 e. The Kier molecular flexibility index (Phi) is 6.93. The highest BCUT2D eigenvalue weighted by Crippen LogP contribution is 2.34. The maximum Gasteiger partial charge on any atom is 0.258 e. The van der Waals surface area contributed by atoms with Crippen LogP contribution in [0.3, 0.4) is 0 Å². The van der Waals surface area contributed by atoms with Crippen LogP contribution in [-0.4, -0.2) is 25.8 Å². The summed E-state index contributed by atoms with van der Waals surface area (Å²) in [6, 6.07) is 21.0. The molecule has 0 fully saturated rings. The van der Waals surface area contributed by atoms with Crippen LogP contribution in [0.25, 0.3) is 0 Å². The molecule has 0 aliphatic carbocycles. The van der Waals surface area contributed by atoms with Crippen LogP contribution in [0.1, 0.15) is 11.1 Å². The van der Waals surface area contributed by atoms with Crippen LogP contribution in [0.5, 0.6) is 11.5 Å². The van der Waals surface area contributed by atoms with Crippen molar-refractivity contribution in [3.63, 3.8) is 0 Å². The summed E-state index contributed by atoms with van der Waals surface area (Å²) in [7, 11) is 0. The van der Waals surface area contributed by atoms with E-state index in [2.05, 4.69) is 15.4 Å². The zero-order valence-electron chi connectivity index (χ0n) is 17.4. The molecule has 0 saturated heterocycles. The Bertz CT molecular complexity index is 1220. The van der Waals surface area contributed by atoms with Crippen molar-refractivity contribution in [2.24, 2.45) is 0 Å². The van der Waals surface area contributed by atoms with Gasteiger partial charge < -0.3 is 15.2 Å². The van der Waals surface area contributed by atoms with E-state index in [4.69, 9.17) is 27.9 Å². The van der Waals surface area contributed by atoms with Gasteiger partial charge in [-0.1, -0.05) is 59.6 Å². The van der Waals surface area contributed by atoms with Gasteiger partial charge in [0.1, 0.15) is 24.2 Å². The summed E-state index contributed by atoms with van der Waals surface area (Å²) in [5.41, 5.74) is -0.890. The molecule has 3 aromatic carbocycles. The molecule has 7 nitrogen and oxygen atoms in total. The van der Waals surface area contributed by atoms with Crippen LogP contribution >= 0.6 is 23.2 Å². The summed E-state index contributed by atoms with van der Waals surface area (Å²) in [6.45, 7) is 0.0689. The number of carbonyl (C=O) groups excluding carboxylic acids is 1. The summed E-state index contributed by atoms with van der Waals surface area (Å²) in [5.74, 6) is 0.399. The average Bonchev–Trinajstić information content (AvgIpc) is 3.32. The number of rotatable bonds is 8. The molecule has 1 unspecified atom stereocenters. The van der Waals surface area contributed by atoms with E-state index in [-0.39, 0.29) is 23.7 Å². The Morgan fingerprint density at radius 2 is 1.76 bits per heavy atom. The summed E-state index contributed by atoms with van der Waals surface area (Å²) < 4.78 is 7.17. The van der Waals surface area contributed by atoms with E-state index in [0.717, 1.165) is 5.56 Å². The van der Waals surface area contributed by atoms with Gasteiger partial charge in [0.25, 0.3) is 5.91 Å². The van der Waals surface area contributed by atoms with Crippen LogP contribution in [0, 0.1) is 0 Å². The van der Waals surface area contributed by atoms with Crippen molar-refractivity contribution in [3.8, 4) is 11.5 Å². The fraction of sp³-hybridized carbons (Fsp3) is 0.125. The number of hydrogen-bond acceptors (Lipinski definition) is 5. The Balaban J connectivity index is 1.60. The van der Waals surface area contributed by atoms with Gasteiger partial charge in [0.2, 0.25) is 0 Å². The first kappa shape index (κ1) is 22.8. The maximum atomic E-state index is 13.2. The predicted molar refractivity (Wildman–Crippen MR) is 125 cm³/mol. The molecule has 1 aromatic heterocycles. The van der Waals surface area contributed by atoms with Crippen LogP contribution in [0.4, 0.5) is 0 Å². The van der Waals surface area contributed by atoms with Gasteiger partial charge in [-0.2, -0.15) is 5.10 Å². The highest BCUT2D eigenvalue weighted by atomic mass is 35.5. The minimum absolute atomic E-state index is 0.166. The molecule has 0 saturated carbocycles. The fourth-order valence-corrected chi connectivity index (χ4v) is 3.74. The van der Waals surface area contributed by atoms with Crippen molar-refractivity contribution >= 4 is 29.1 Å². The number of aliphatic hydroxyl groups is 1. The monoisotopic (exact) mass is 482 g/mol. The lowest BCUT2D eigenvalue weighted by molar-refractivity contribution is -0.143. The van der Waals surface area contributed by atoms with E-state index >= 15 is 0 Å². The highest BCUT2D eigenvalue weighted by molar-refractivity contribution is 6.32. The second-order valence-electron chi connectivity index (χ2n) is 7.32. The van der Waals surface area contributed by atoms with E-state index in [1.54, 1.807) is 42.5 Å². The Morgan fingerprint density at radius 1 is 1.03 bits per heavy atom. The van der Waals surface area contributed by atoms with Gasteiger partial charge in [-0.05, 0) is 42.0 Å². The van der Waals surface area contributed by atoms with Crippen molar-refractivity contribution in [2.75, 3.05) is 0 Å². The average molecular weight is 483 g/mol. The van der Waals surface area contributed by atoms with E-state index in [1.807, 2.05) is 30.3 Å². The summed E-state index contributed by atoms with van der Waals surface area (Å²) >= 11 is 12.4. The van der Waals surface area contributed by atoms with E-state index < -0.39 is 11.5 Å². The lowest BCUT2D eigenvalue weighted by Gasteiger charge is -2.28. The third kappa shape index (κ3) is 5.51. The van der Waals surface area contributed by atoms with Gasteiger partial charge in [0, 0.05) is 17.1 Å². The Labute approximate surface area is 200 Å². The molecular weight excluding hydrogens is 463 g/mol. The number of nitrogens with one attached hydrogen (secondary N) is 1. The number of nitrogens with zero attached hydrogens (tertiary/aromatic N) is 3. The lowest BCUT2D eigenvalue weighted by atomic mass is 9.92. The summed E-state index contributed by atoms with van der Waals surface area (Å²) in [6.07, 6.45) is 2.74. The second kappa shape index (κ2) is 10.0. The van der Waals surface area contributed by atoms with Gasteiger partial charge in [0.05, 0.1) is 11.6 Å². The molecule has 0 spiro atoms. The van der Waals surface area contributed by atoms with Crippen LogP contribution in [-0.2, 0) is 23.5 Å². The molecule has 1 amide bonds. The number of benzene rings is 3. The molecule has 9 heteroatoms. The first-order valence-electron chi connectivity index (χ1n) is 10.0. The topological polar surface area (TPSA) is 89.3 Å². The molecule has 4 aromatic rings. The summed E-state index contributed by atoms with van der Waals surface area (Å²) in [4.78, 5) is 17.1. The zero-order valence-corrected chi connectivity index (χ0v) is 18.9. The molecular formula is C24H20Cl2N4O3. The highest BCUT2D eigenvalue weighted by Gasteiger charge is 2.40. The van der Waals surface area contributed by atoms with Crippen LogP contribution in [0.15, 0.2) is 85.5 Å². The van der Waals surface area contributed by atoms with E-state index in [1.165, 1.54) is 17.3 Å². The zero-order chi connectivity index (χ0) is 23.3. The molecule has 168 valence electrons. The van der Waals surface area contributed by atoms with Crippen molar-refractivity contribution in [2.45, 2.75) is 18.7 Å². The molecule has 33 heavy (non-hydrogen) atoms. The van der Waals surface area contributed by atoms with Crippen LogP contribution < -0.4 is 10.1 Å². The molecule has 1 atom stereocenters. The van der Waals surface area contributed by atoms with Crippen LogP contribution in [0.2, 0.25) is 10.0 Å². The van der Waals surface area contributed by atoms with Crippen molar-refractivity contribution < 1.29 is 14.6 Å². The number of halogens is 2. The van der Waals surface area contributed by atoms with Crippen molar-refractivity contribution in [1.82, 2.24) is 20.1 Å². The first-order chi connectivity index (χ1) is 15.9. The molecule has 4 rings (SSSR count). The standard InChI is InChI=1S/C24H20Cl2N4O3/c25-18-6-8-19(9-7-18)33-20-10-11-21(22(26)12-20)24(32,14-30-16-27-15-29-30)23(31)28-13-17-4-2-1-3-5-17/h1-12,15-16,32H,13-14H2,(H,28,31). The van der Waals surface area contributed by atoms with Crippen molar-refractivity contribution in [1.29, 1.82) is 0 Å². The normalized spacial score (nSPS) is 12.7. The van der Waals surface area contributed by atoms with Gasteiger partial charge >= 0.3 is 0 Å². The number of ether oxygens (including phenoxy) is 1. The molecule has 0 bridgehead atoms. The molecule has 0 radical (unpaired) electrons.